The third kappa shape index (κ3) is 4.46. The maximum atomic E-state index is 13.5. The molecule has 2 aromatic heterocycles. The molecule has 0 aliphatic rings. The van der Waals surface area contributed by atoms with Gasteiger partial charge < -0.3 is 9.67 Å². The van der Waals surface area contributed by atoms with Crippen LogP contribution in [0.4, 0.5) is 0 Å². The lowest BCUT2D eigenvalue weighted by molar-refractivity contribution is 0.277. The smallest absolute Gasteiger partial charge is 0.332 e. The highest BCUT2D eigenvalue weighted by Crippen LogP contribution is 2.26. The second-order valence-electron chi connectivity index (χ2n) is 8.67. The van der Waals surface area contributed by atoms with Crippen LogP contribution in [0, 0.1) is 0 Å². The predicted molar refractivity (Wildman–Crippen MR) is 134 cm³/mol. The Bertz CT molecular complexity index is 1580. The van der Waals surface area contributed by atoms with Crippen LogP contribution in [0.3, 0.4) is 0 Å². The van der Waals surface area contributed by atoms with Gasteiger partial charge in [-0.05, 0) is 50.1 Å². The Labute approximate surface area is 202 Å². The fourth-order valence-electron chi connectivity index (χ4n) is 4.00. The van der Waals surface area contributed by atoms with Crippen LogP contribution in [0.2, 0.25) is 0 Å². The van der Waals surface area contributed by atoms with Crippen molar-refractivity contribution in [2.75, 3.05) is 6.61 Å². The van der Waals surface area contributed by atoms with Crippen LogP contribution in [0.1, 0.15) is 25.8 Å². The summed E-state index contributed by atoms with van der Waals surface area (Å²) in [5, 5.41) is 8.67. The monoisotopic (exact) mass is 496 g/mol. The van der Waals surface area contributed by atoms with E-state index >= 15 is 0 Å². The molecule has 35 heavy (non-hydrogen) atoms. The van der Waals surface area contributed by atoms with E-state index in [-0.39, 0.29) is 35.6 Å². The number of nitrogens with zero attached hydrogens (tertiary/aromatic N) is 4. The van der Waals surface area contributed by atoms with Gasteiger partial charge in [0.25, 0.3) is 5.56 Å². The van der Waals surface area contributed by atoms with Crippen molar-refractivity contribution in [1.29, 1.82) is 0 Å². The molecule has 0 bridgehead atoms. The number of hydrogen-bond donors (Lipinski definition) is 1. The average Bonchev–Trinajstić information content (AvgIpc) is 3.22. The van der Waals surface area contributed by atoms with Crippen LogP contribution < -0.4 is 11.2 Å². The minimum absolute atomic E-state index is 0.0888. The van der Waals surface area contributed by atoms with Crippen molar-refractivity contribution in [3.8, 4) is 11.4 Å². The first-order valence-corrected chi connectivity index (χ1v) is 12.9. The van der Waals surface area contributed by atoms with Gasteiger partial charge in [0.1, 0.15) is 5.82 Å². The van der Waals surface area contributed by atoms with Crippen LogP contribution >= 0.6 is 0 Å². The summed E-state index contributed by atoms with van der Waals surface area (Å²) in [7, 11) is -1.88. The Morgan fingerprint density at radius 1 is 0.971 bits per heavy atom. The van der Waals surface area contributed by atoms with E-state index < -0.39 is 26.3 Å². The molecule has 2 aromatic carbocycles. The fourth-order valence-corrected chi connectivity index (χ4v) is 5.06. The first-order chi connectivity index (χ1) is 16.7. The minimum Gasteiger partial charge on any atom is -0.396 e. The van der Waals surface area contributed by atoms with Crippen molar-refractivity contribution in [2.24, 2.45) is 7.05 Å². The Morgan fingerprint density at radius 3 is 2.23 bits per heavy atom. The Kier molecular flexibility index (Phi) is 6.77. The second-order valence-corrected chi connectivity index (χ2v) is 11.2. The van der Waals surface area contributed by atoms with Gasteiger partial charge in [0, 0.05) is 32.3 Å². The highest BCUT2D eigenvalue weighted by molar-refractivity contribution is 7.92. The number of rotatable bonds is 8. The first kappa shape index (κ1) is 24.6. The zero-order valence-electron chi connectivity index (χ0n) is 19.9. The molecule has 0 fully saturated rings. The van der Waals surface area contributed by atoms with E-state index in [9.17, 15) is 23.1 Å². The largest absolute Gasteiger partial charge is 0.396 e. The molecule has 4 rings (SSSR count). The van der Waals surface area contributed by atoms with Gasteiger partial charge in [-0.25, -0.2) is 18.2 Å². The first-order valence-electron chi connectivity index (χ1n) is 11.4. The molecule has 0 spiro atoms. The number of aryl methyl sites for hydroxylation is 1. The summed E-state index contributed by atoms with van der Waals surface area (Å²) < 4.78 is 29.3. The summed E-state index contributed by atoms with van der Waals surface area (Å²) >= 11 is 0. The third-order valence-electron chi connectivity index (χ3n) is 6.02. The molecule has 1 N–H and O–H groups in total. The van der Waals surface area contributed by atoms with Gasteiger partial charge in [0.2, 0.25) is 0 Å². The Hall–Kier alpha value is -3.50. The molecular formula is C25H28N4O5S. The summed E-state index contributed by atoms with van der Waals surface area (Å²) in [6, 6.07) is 16.0. The number of fused-ring (bicyclic) bond motifs is 1. The van der Waals surface area contributed by atoms with Gasteiger partial charge in [0.05, 0.1) is 10.1 Å². The van der Waals surface area contributed by atoms with Crippen molar-refractivity contribution in [2.45, 2.75) is 43.5 Å². The summed E-state index contributed by atoms with van der Waals surface area (Å²) in [4.78, 5) is 31.2. The molecule has 184 valence electrons. The summed E-state index contributed by atoms with van der Waals surface area (Å²) in [6.45, 7) is 3.53. The van der Waals surface area contributed by atoms with Crippen LogP contribution in [0.5, 0.6) is 0 Å². The number of benzene rings is 2. The van der Waals surface area contributed by atoms with E-state index in [0.29, 0.717) is 17.9 Å². The SMILES string of the molecule is CC(C)S(=O)(=O)c1ccc(-c2nc3c(c(=O)n(CCCO)c(=O)n3C)n2Cc2ccccc2)cc1. The Balaban J connectivity index is 1.97. The van der Waals surface area contributed by atoms with Crippen molar-refractivity contribution < 1.29 is 13.5 Å². The fraction of sp³-hybridized carbons (Fsp3) is 0.320. The van der Waals surface area contributed by atoms with Crippen molar-refractivity contribution in [3.63, 3.8) is 0 Å². The highest BCUT2D eigenvalue weighted by Gasteiger charge is 2.23. The van der Waals surface area contributed by atoms with Gasteiger partial charge in [-0.1, -0.05) is 30.3 Å². The number of aliphatic hydroxyl groups is 1. The molecule has 0 unspecified atom stereocenters. The summed E-state index contributed by atoms with van der Waals surface area (Å²) in [5.41, 5.74) is 1.07. The van der Waals surface area contributed by atoms with Gasteiger partial charge in [-0.2, -0.15) is 0 Å². The zero-order valence-corrected chi connectivity index (χ0v) is 20.7. The molecule has 0 saturated heterocycles. The van der Waals surface area contributed by atoms with E-state index in [4.69, 9.17) is 0 Å². The molecule has 0 aliphatic carbocycles. The Morgan fingerprint density at radius 2 is 1.63 bits per heavy atom. The predicted octanol–water partition coefficient (Wildman–Crippen LogP) is 2.18. The van der Waals surface area contributed by atoms with Crippen LogP contribution in [0.15, 0.2) is 69.1 Å². The quantitative estimate of drug-likeness (QED) is 0.400. The second kappa shape index (κ2) is 9.63. The number of imidazole rings is 1. The van der Waals surface area contributed by atoms with Crippen molar-refractivity contribution >= 4 is 21.0 Å². The lowest BCUT2D eigenvalue weighted by Gasteiger charge is -2.12. The molecule has 0 amide bonds. The molecule has 0 aliphatic heterocycles. The molecule has 4 aromatic rings. The van der Waals surface area contributed by atoms with Crippen LogP contribution in [0.25, 0.3) is 22.6 Å². The molecular weight excluding hydrogens is 468 g/mol. The number of aromatic nitrogens is 4. The van der Waals surface area contributed by atoms with E-state index in [1.165, 1.54) is 16.7 Å². The van der Waals surface area contributed by atoms with Gasteiger partial charge in [-0.3, -0.25) is 13.9 Å². The third-order valence-corrected chi connectivity index (χ3v) is 8.19. The van der Waals surface area contributed by atoms with Gasteiger partial charge >= 0.3 is 5.69 Å². The molecule has 0 atom stereocenters. The van der Waals surface area contributed by atoms with Crippen molar-refractivity contribution in [1.82, 2.24) is 18.7 Å². The molecule has 2 heterocycles. The number of aliphatic hydroxyl groups excluding tert-OH is 1. The lowest BCUT2D eigenvalue weighted by atomic mass is 10.2. The molecule has 0 saturated carbocycles. The summed E-state index contributed by atoms with van der Waals surface area (Å²) in [6.07, 6.45) is 0.270. The lowest BCUT2D eigenvalue weighted by Crippen LogP contribution is -2.39. The average molecular weight is 497 g/mol. The van der Waals surface area contributed by atoms with Crippen molar-refractivity contribution in [3.05, 3.63) is 81.0 Å². The molecule has 9 nitrogen and oxygen atoms in total. The van der Waals surface area contributed by atoms with E-state index in [2.05, 4.69) is 4.98 Å². The number of hydrogen-bond acceptors (Lipinski definition) is 6. The van der Waals surface area contributed by atoms with Gasteiger partial charge in [0.15, 0.2) is 21.0 Å². The van der Waals surface area contributed by atoms with E-state index in [1.54, 1.807) is 37.6 Å². The van der Waals surface area contributed by atoms with E-state index in [1.807, 2.05) is 30.3 Å². The molecule has 10 heteroatoms. The van der Waals surface area contributed by atoms with Crippen LogP contribution in [-0.4, -0.2) is 44.1 Å². The number of sulfone groups is 1. The maximum Gasteiger partial charge on any atom is 0.332 e. The maximum absolute atomic E-state index is 13.5. The minimum atomic E-state index is -3.44. The summed E-state index contributed by atoms with van der Waals surface area (Å²) in [5.74, 6) is 0.448. The molecule has 0 radical (unpaired) electrons. The van der Waals surface area contributed by atoms with Crippen LogP contribution in [-0.2, 0) is 30.0 Å². The topological polar surface area (TPSA) is 116 Å². The van der Waals surface area contributed by atoms with E-state index in [0.717, 1.165) is 10.1 Å². The zero-order chi connectivity index (χ0) is 25.3. The normalized spacial score (nSPS) is 12.0. The standard InChI is InChI=1S/C25H28N4O5S/c1-17(2)35(33,34)20-12-10-19(11-13-20)22-26-23-21(29(22)16-18-8-5-4-6-9-18)24(31)28(14-7-15-30)25(32)27(23)3/h4-6,8-13,17,30H,7,14-16H2,1-3H3. The highest BCUT2D eigenvalue weighted by atomic mass is 32.2. The van der Waals surface area contributed by atoms with Gasteiger partial charge in [-0.15, -0.1) is 0 Å².